The van der Waals surface area contributed by atoms with Gasteiger partial charge in [0.05, 0.1) is 16.1 Å². The molecule has 1 aliphatic carbocycles. The number of rotatable bonds is 14. The van der Waals surface area contributed by atoms with Crippen molar-refractivity contribution >= 4 is 34.7 Å². The van der Waals surface area contributed by atoms with Gasteiger partial charge in [-0.05, 0) is 104 Å². The van der Waals surface area contributed by atoms with Crippen molar-refractivity contribution in [3.63, 3.8) is 0 Å². The molecule has 1 saturated heterocycles. The van der Waals surface area contributed by atoms with Gasteiger partial charge in [0.1, 0.15) is 19.0 Å². The summed E-state index contributed by atoms with van der Waals surface area (Å²) in [5.41, 5.74) is 7.82. The molecule has 2 atom stereocenters. The van der Waals surface area contributed by atoms with Crippen LogP contribution in [0, 0.1) is 13.8 Å². The predicted molar refractivity (Wildman–Crippen MR) is 189 cm³/mol. The number of methoxy groups -OCH3 is 1. The number of nitrogens with zero attached hydrogens (tertiary/aromatic N) is 1. The minimum atomic E-state index is -0.0266. The molecule has 47 heavy (non-hydrogen) atoms. The zero-order valence-electron chi connectivity index (χ0n) is 27.5. The van der Waals surface area contributed by atoms with E-state index in [2.05, 4.69) is 52.8 Å². The number of fused-ring (bicyclic) bond motifs is 2. The number of piperazine rings is 1. The summed E-state index contributed by atoms with van der Waals surface area (Å²) < 4.78 is 17.1. The fraction of sp³-hybridized carbons (Fsp3) is 0.447. The molecule has 0 unspecified atom stereocenters. The molecule has 3 aliphatic rings. The zero-order valence-corrected chi connectivity index (χ0v) is 29.1. The molecule has 0 spiro atoms. The molecule has 2 heterocycles. The number of halogens is 2. The maximum atomic E-state index is 14.6. The average molecular weight is 679 g/mol. The van der Waals surface area contributed by atoms with Gasteiger partial charge in [0.25, 0.3) is 5.91 Å². The Labute approximate surface area is 288 Å². The Morgan fingerprint density at radius 2 is 1.68 bits per heavy atom. The summed E-state index contributed by atoms with van der Waals surface area (Å²) in [4.78, 5) is 16.8. The summed E-state index contributed by atoms with van der Waals surface area (Å²) in [6, 6.07) is 19.0. The van der Waals surface area contributed by atoms with Crippen LogP contribution in [-0.2, 0) is 22.5 Å². The second kappa shape index (κ2) is 15.4. The molecule has 2 N–H and O–H groups in total. The monoisotopic (exact) mass is 677 g/mol. The summed E-state index contributed by atoms with van der Waals surface area (Å²) in [5, 5.41) is 8.27. The van der Waals surface area contributed by atoms with Gasteiger partial charge in [0.2, 0.25) is 0 Å². The molecule has 3 aromatic rings. The normalized spacial score (nSPS) is 19.1. The summed E-state index contributed by atoms with van der Waals surface area (Å²) in [6.45, 7) is 7.74. The van der Waals surface area contributed by atoms with Crippen LogP contribution in [-0.4, -0.2) is 69.0 Å². The van der Waals surface area contributed by atoms with E-state index < -0.39 is 0 Å². The lowest BCUT2D eigenvalue weighted by molar-refractivity contribution is -0.128. The van der Waals surface area contributed by atoms with E-state index in [0.717, 1.165) is 79.8 Å². The number of aryl methyl sites for hydroxylation is 3. The van der Waals surface area contributed by atoms with E-state index in [1.165, 1.54) is 16.7 Å². The van der Waals surface area contributed by atoms with Crippen LogP contribution in [0.1, 0.15) is 53.5 Å². The quantitative estimate of drug-likeness (QED) is 0.181. The highest BCUT2D eigenvalue weighted by atomic mass is 35.5. The fourth-order valence-electron chi connectivity index (χ4n) is 6.68. The van der Waals surface area contributed by atoms with Gasteiger partial charge in [-0.2, -0.15) is 0 Å². The Morgan fingerprint density at radius 1 is 0.936 bits per heavy atom. The first-order valence-corrected chi connectivity index (χ1v) is 17.5. The lowest BCUT2D eigenvalue weighted by atomic mass is 9.83. The third-order valence-corrected chi connectivity index (χ3v) is 9.85. The van der Waals surface area contributed by atoms with E-state index in [0.29, 0.717) is 35.6 Å². The highest BCUT2D eigenvalue weighted by Gasteiger charge is 2.41. The molecule has 2 aliphatic heterocycles. The number of nitrogens with one attached hydrogen (secondary N) is 2. The second-order valence-electron chi connectivity index (χ2n) is 13.0. The molecule has 7 nitrogen and oxygen atoms in total. The lowest BCUT2D eigenvalue weighted by Gasteiger charge is -2.41. The molecule has 3 aromatic carbocycles. The first kappa shape index (κ1) is 33.8. The molecule has 2 fully saturated rings. The van der Waals surface area contributed by atoms with E-state index in [-0.39, 0.29) is 24.0 Å². The van der Waals surface area contributed by atoms with E-state index in [4.69, 9.17) is 37.4 Å². The molecule has 9 heteroatoms. The Bertz CT molecular complexity index is 1580. The Balaban J connectivity index is 1.18. The van der Waals surface area contributed by atoms with Gasteiger partial charge in [-0.15, -0.1) is 0 Å². The minimum absolute atomic E-state index is 0.0266. The SMILES string of the molecule is COCCCc1ccc(C)c(CN(C(=O)C2=C(c3ccc(OCCOc4c(Cl)cc(C)cc4Cl)cc3)C[C@@H]3CNC[C@@H]2N3)C2CC2)c1. The average Bonchev–Trinajstić information content (AvgIpc) is 3.90. The minimum Gasteiger partial charge on any atom is -0.490 e. The predicted octanol–water partition coefficient (Wildman–Crippen LogP) is 6.93. The first-order valence-electron chi connectivity index (χ1n) is 16.7. The van der Waals surface area contributed by atoms with Crippen LogP contribution >= 0.6 is 23.2 Å². The lowest BCUT2D eigenvalue weighted by Crippen LogP contribution is -2.60. The molecule has 6 rings (SSSR count). The van der Waals surface area contributed by atoms with Crippen molar-refractivity contribution in [3.05, 3.63) is 98.0 Å². The molecule has 0 radical (unpaired) electrons. The van der Waals surface area contributed by atoms with Crippen LogP contribution in [0.5, 0.6) is 11.5 Å². The van der Waals surface area contributed by atoms with Gasteiger partial charge < -0.3 is 29.7 Å². The van der Waals surface area contributed by atoms with Crippen LogP contribution in [0.4, 0.5) is 0 Å². The van der Waals surface area contributed by atoms with E-state index in [1.54, 1.807) is 7.11 Å². The van der Waals surface area contributed by atoms with Crippen LogP contribution in [0.3, 0.4) is 0 Å². The standard InChI is InChI=1S/C38H45Cl2N3O4/c1-24-17-33(39)37(34(40)18-24)47-16-15-46-31-12-8-27(9-13-31)32-20-29-21-41-22-35(42-29)36(32)38(44)43(30-10-11-30)23-28-19-26(5-4-14-45-3)7-6-25(28)2/h6-9,12-13,17-19,29-30,35,41-42H,4-5,10-11,14-16,20-23H2,1-3H3/t29-,35+/m1/s1. The molecule has 1 saturated carbocycles. The van der Waals surface area contributed by atoms with E-state index in [9.17, 15) is 4.79 Å². The van der Waals surface area contributed by atoms with Crippen LogP contribution < -0.4 is 20.1 Å². The third kappa shape index (κ3) is 8.33. The molecule has 1 amide bonds. The number of amides is 1. The van der Waals surface area contributed by atoms with Crippen molar-refractivity contribution in [1.82, 2.24) is 15.5 Å². The molecule has 250 valence electrons. The van der Waals surface area contributed by atoms with E-state index >= 15 is 0 Å². The van der Waals surface area contributed by atoms with E-state index in [1.807, 2.05) is 31.2 Å². The summed E-state index contributed by atoms with van der Waals surface area (Å²) in [5.74, 6) is 1.36. The molecular formula is C38H45Cl2N3O4. The highest BCUT2D eigenvalue weighted by Crippen LogP contribution is 2.37. The van der Waals surface area contributed by atoms with Crippen molar-refractivity contribution in [2.75, 3.05) is 40.0 Å². The van der Waals surface area contributed by atoms with Crippen LogP contribution in [0.25, 0.3) is 5.57 Å². The molecule has 0 aromatic heterocycles. The topological polar surface area (TPSA) is 72.1 Å². The third-order valence-electron chi connectivity index (χ3n) is 9.29. The van der Waals surface area contributed by atoms with Gasteiger partial charge in [-0.3, -0.25) is 4.79 Å². The maximum Gasteiger partial charge on any atom is 0.252 e. The largest absolute Gasteiger partial charge is 0.490 e. The smallest absolute Gasteiger partial charge is 0.252 e. The van der Waals surface area contributed by atoms with Crippen molar-refractivity contribution in [2.45, 2.75) is 70.6 Å². The van der Waals surface area contributed by atoms with Gasteiger partial charge in [-0.1, -0.05) is 53.5 Å². The van der Waals surface area contributed by atoms with Gasteiger partial charge in [-0.25, -0.2) is 0 Å². The van der Waals surface area contributed by atoms with Crippen LogP contribution in [0.2, 0.25) is 10.0 Å². The Hall–Kier alpha value is -3.07. The maximum absolute atomic E-state index is 14.6. The van der Waals surface area contributed by atoms with Crippen LogP contribution in [0.15, 0.2) is 60.2 Å². The van der Waals surface area contributed by atoms with Gasteiger partial charge in [0, 0.05) is 51.0 Å². The van der Waals surface area contributed by atoms with Crippen molar-refractivity contribution in [3.8, 4) is 11.5 Å². The molecule has 2 bridgehead atoms. The number of carbonyl (C=O) groups excluding carboxylic acids is 1. The fourth-order valence-corrected chi connectivity index (χ4v) is 7.39. The summed E-state index contributed by atoms with van der Waals surface area (Å²) in [6.07, 6.45) is 4.85. The summed E-state index contributed by atoms with van der Waals surface area (Å²) >= 11 is 12.6. The Morgan fingerprint density at radius 3 is 2.40 bits per heavy atom. The Kier molecular flexibility index (Phi) is 11.1. The zero-order chi connectivity index (χ0) is 32.9. The number of carbonyl (C=O) groups is 1. The summed E-state index contributed by atoms with van der Waals surface area (Å²) in [7, 11) is 1.74. The van der Waals surface area contributed by atoms with Gasteiger partial charge in [0.15, 0.2) is 5.75 Å². The first-order chi connectivity index (χ1) is 22.8. The van der Waals surface area contributed by atoms with Gasteiger partial charge >= 0.3 is 0 Å². The number of hydrogen-bond donors (Lipinski definition) is 2. The molecular weight excluding hydrogens is 633 g/mol. The second-order valence-corrected chi connectivity index (χ2v) is 13.8. The highest BCUT2D eigenvalue weighted by molar-refractivity contribution is 6.37. The number of hydrogen-bond acceptors (Lipinski definition) is 6. The van der Waals surface area contributed by atoms with Crippen molar-refractivity contribution in [2.24, 2.45) is 0 Å². The van der Waals surface area contributed by atoms with Crippen molar-refractivity contribution in [1.29, 1.82) is 0 Å². The number of benzene rings is 3. The van der Waals surface area contributed by atoms with Crippen molar-refractivity contribution < 1.29 is 19.0 Å². The number of ether oxygens (including phenoxy) is 3.